The summed E-state index contributed by atoms with van der Waals surface area (Å²) in [5.41, 5.74) is 5.56. The lowest BCUT2D eigenvalue weighted by Crippen LogP contribution is -2.49. The fraction of sp³-hybridized carbons (Fsp3) is 0.889. The highest BCUT2D eigenvalue weighted by Gasteiger charge is 2.26. The first-order chi connectivity index (χ1) is 6.00. The molecule has 3 nitrogen and oxygen atoms in total. The smallest absolute Gasteiger partial charge is 0.239 e. The summed E-state index contributed by atoms with van der Waals surface area (Å²) in [5.74, 6) is 0.0824. The Morgan fingerprint density at radius 1 is 1.46 bits per heavy atom. The highest BCUT2D eigenvalue weighted by molar-refractivity contribution is 8.00. The van der Waals surface area contributed by atoms with E-state index in [0.29, 0.717) is 10.5 Å². The summed E-state index contributed by atoms with van der Waals surface area (Å²) in [4.78, 5) is 13.5. The number of rotatable bonds is 1. The topological polar surface area (TPSA) is 46.3 Å². The monoisotopic (exact) mass is 202 g/mol. The molecule has 0 radical (unpaired) electrons. The summed E-state index contributed by atoms with van der Waals surface area (Å²) in [6, 6.07) is -0.359. The summed E-state index contributed by atoms with van der Waals surface area (Å²) >= 11 is 1.94. The van der Waals surface area contributed by atoms with E-state index < -0.39 is 0 Å². The number of carbonyl (C=O) groups is 1. The number of thioether (sulfide) groups is 1. The third kappa shape index (κ3) is 2.88. The molecule has 1 rings (SSSR count). The van der Waals surface area contributed by atoms with E-state index in [2.05, 4.69) is 13.8 Å². The van der Waals surface area contributed by atoms with Gasteiger partial charge < -0.3 is 10.6 Å². The molecule has 1 amide bonds. The molecule has 0 aliphatic carbocycles. The Labute approximate surface area is 84.0 Å². The quantitative estimate of drug-likeness (QED) is 0.680. The molecule has 0 aromatic carbocycles. The summed E-state index contributed by atoms with van der Waals surface area (Å²) in [7, 11) is 0. The lowest BCUT2D eigenvalue weighted by Gasteiger charge is -2.35. The van der Waals surface area contributed by atoms with Crippen molar-refractivity contribution in [3.05, 3.63) is 0 Å². The Kier molecular flexibility index (Phi) is 3.62. The second-order valence-electron chi connectivity index (χ2n) is 3.79. The highest BCUT2D eigenvalue weighted by atomic mass is 32.2. The van der Waals surface area contributed by atoms with Gasteiger partial charge in [0.25, 0.3) is 0 Å². The second kappa shape index (κ2) is 4.33. The van der Waals surface area contributed by atoms with Crippen LogP contribution in [0.5, 0.6) is 0 Å². The van der Waals surface area contributed by atoms with Crippen LogP contribution >= 0.6 is 11.8 Å². The zero-order valence-corrected chi connectivity index (χ0v) is 9.30. The van der Waals surface area contributed by atoms with Crippen molar-refractivity contribution >= 4 is 17.7 Å². The molecule has 1 aliphatic heterocycles. The third-order valence-corrected chi connectivity index (χ3v) is 3.35. The van der Waals surface area contributed by atoms with Gasteiger partial charge in [0.15, 0.2) is 0 Å². The Morgan fingerprint density at radius 3 is 2.31 bits per heavy atom. The van der Waals surface area contributed by atoms with Gasteiger partial charge in [-0.15, -0.1) is 0 Å². The molecular formula is C9H18N2OS. The van der Waals surface area contributed by atoms with Crippen LogP contribution in [0.3, 0.4) is 0 Å². The molecule has 76 valence electrons. The Balaban J connectivity index is 2.55. The van der Waals surface area contributed by atoms with Crippen LogP contribution in [0.2, 0.25) is 0 Å². The maximum absolute atomic E-state index is 11.6. The van der Waals surface area contributed by atoms with Gasteiger partial charge in [-0.1, -0.05) is 13.8 Å². The fourth-order valence-corrected chi connectivity index (χ4v) is 2.97. The Morgan fingerprint density at radius 2 is 1.92 bits per heavy atom. The first kappa shape index (κ1) is 10.9. The van der Waals surface area contributed by atoms with Crippen molar-refractivity contribution in [2.45, 2.75) is 37.3 Å². The minimum atomic E-state index is -0.359. The summed E-state index contributed by atoms with van der Waals surface area (Å²) in [5, 5.41) is 1.07. The molecule has 1 fully saturated rings. The second-order valence-corrected chi connectivity index (χ2v) is 5.67. The van der Waals surface area contributed by atoms with Crippen molar-refractivity contribution in [1.82, 2.24) is 4.90 Å². The normalized spacial score (nSPS) is 31.5. The molecule has 1 aliphatic rings. The van der Waals surface area contributed by atoms with E-state index in [9.17, 15) is 4.79 Å². The van der Waals surface area contributed by atoms with Crippen molar-refractivity contribution in [3.63, 3.8) is 0 Å². The standard InChI is InChI=1S/C9H18N2OS/c1-6-4-11(5-7(2)13-6)9(12)8(3)10/h6-8H,4-5,10H2,1-3H3/t6?,7?,8-/m0/s1. The zero-order valence-electron chi connectivity index (χ0n) is 8.49. The molecule has 4 heteroatoms. The predicted octanol–water partition coefficient (Wildman–Crippen LogP) is 0.686. The van der Waals surface area contributed by atoms with E-state index >= 15 is 0 Å². The van der Waals surface area contributed by atoms with Crippen LogP contribution in [0, 0.1) is 0 Å². The first-order valence-electron chi connectivity index (χ1n) is 4.70. The van der Waals surface area contributed by atoms with Crippen LogP contribution in [0.15, 0.2) is 0 Å². The van der Waals surface area contributed by atoms with Crippen molar-refractivity contribution in [2.75, 3.05) is 13.1 Å². The molecule has 0 aromatic heterocycles. The van der Waals surface area contributed by atoms with Crippen LogP contribution in [0.4, 0.5) is 0 Å². The van der Waals surface area contributed by atoms with Gasteiger partial charge in [-0.25, -0.2) is 0 Å². The molecular weight excluding hydrogens is 184 g/mol. The van der Waals surface area contributed by atoms with Crippen molar-refractivity contribution in [1.29, 1.82) is 0 Å². The number of amides is 1. The Hall–Kier alpha value is -0.220. The molecule has 2 unspecified atom stereocenters. The lowest BCUT2D eigenvalue weighted by molar-refractivity contribution is -0.132. The van der Waals surface area contributed by atoms with Crippen molar-refractivity contribution < 1.29 is 4.79 Å². The average molecular weight is 202 g/mol. The Bertz CT molecular complexity index is 186. The van der Waals surface area contributed by atoms with Crippen LogP contribution in [-0.2, 0) is 4.79 Å². The van der Waals surface area contributed by atoms with Gasteiger partial charge >= 0.3 is 0 Å². The molecule has 0 saturated carbocycles. The maximum atomic E-state index is 11.6. The van der Waals surface area contributed by atoms with Gasteiger partial charge in [-0.2, -0.15) is 11.8 Å². The van der Waals surface area contributed by atoms with Gasteiger partial charge in [0.2, 0.25) is 5.91 Å². The first-order valence-corrected chi connectivity index (χ1v) is 5.64. The van der Waals surface area contributed by atoms with Gasteiger partial charge in [0, 0.05) is 23.6 Å². The SMILES string of the molecule is CC1CN(C(=O)[C@H](C)N)CC(C)S1. The maximum Gasteiger partial charge on any atom is 0.239 e. The minimum absolute atomic E-state index is 0.0824. The molecule has 1 saturated heterocycles. The third-order valence-electron chi connectivity index (χ3n) is 2.12. The van der Waals surface area contributed by atoms with Gasteiger partial charge in [0.05, 0.1) is 6.04 Å². The summed E-state index contributed by atoms with van der Waals surface area (Å²) in [6.07, 6.45) is 0. The molecule has 1 heterocycles. The zero-order chi connectivity index (χ0) is 10.0. The molecule has 2 N–H and O–H groups in total. The van der Waals surface area contributed by atoms with Crippen LogP contribution < -0.4 is 5.73 Å². The van der Waals surface area contributed by atoms with E-state index in [4.69, 9.17) is 5.73 Å². The van der Waals surface area contributed by atoms with Crippen molar-refractivity contribution in [2.24, 2.45) is 5.73 Å². The molecule has 3 atom stereocenters. The van der Waals surface area contributed by atoms with Crippen molar-refractivity contribution in [3.8, 4) is 0 Å². The number of hydrogen-bond acceptors (Lipinski definition) is 3. The van der Waals surface area contributed by atoms with Gasteiger partial charge in [0.1, 0.15) is 0 Å². The predicted molar refractivity (Wildman–Crippen MR) is 56.7 cm³/mol. The number of nitrogens with zero attached hydrogens (tertiary/aromatic N) is 1. The fourth-order valence-electron chi connectivity index (χ4n) is 1.65. The van der Waals surface area contributed by atoms with E-state index in [1.807, 2.05) is 16.7 Å². The van der Waals surface area contributed by atoms with Crippen LogP contribution in [-0.4, -0.2) is 40.4 Å². The van der Waals surface area contributed by atoms with Gasteiger partial charge in [-0.05, 0) is 6.92 Å². The highest BCUT2D eigenvalue weighted by Crippen LogP contribution is 2.24. The van der Waals surface area contributed by atoms with Crippen LogP contribution in [0.25, 0.3) is 0 Å². The van der Waals surface area contributed by atoms with E-state index in [-0.39, 0.29) is 11.9 Å². The molecule has 0 aromatic rings. The minimum Gasteiger partial charge on any atom is -0.339 e. The largest absolute Gasteiger partial charge is 0.339 e. The van der Waals surface area contributed by atoms with E-state index in [0.717, 1.165) is 13.1 Å². The molecule has 0 spiro atoms. The lowest BCUT2D eigenvalue weighted by atomic mass is 10.2. The molecule has 13 heavy (non-hydrogen) atoms. The van der Waals surface area contributed by atoms with Crippen LogP contribution in [0.1, 0.15) is 20.8 Å². The number of nitrogens with two attached hydrogens (primary N) is 1. The van der Waals surface area contributed by atoms with Gasteiger partial charge in [-0.3, -0.25) is 4.79 Å². The summed E-state index contributed by atoms with van der Waals surface area (Å²) < 4.78 is 0. The molecule has 0 bridgehead atoms. The average Bonchev–Trinajstić information content (AvgIpc) is 2.01. The number of hydrogen-bond donors (Lipinski definition) is 1. The number of carbonyl (C=O) groups excluding carboxylic acids is 1. The van der Waals surface area contributed by atoms with E-state index in [1.165, 1.54) is 0 Å². The van der Waals surface area contributed by atoms with E-state index in [1.54, 1.807) is 6.92 Å². The summed E-state index contributed by atoms with van der Waals surface area (Å²) in [6.45, 7) is 7.74.